The standard InChI is InChI=1S/C13H20N4O3/c1-2-10-14-11(20-16-10)15-12(19)17-7-6-13(8-18)5-3-4-9(13)17/h9,18H,2-8H2,1H3,(H,14,15,16,19)/t9-,13-/m1/s1. The Morgan fingerprint density at radius 1 is 1.60 bits per heavy atom. The molecule has 2 aliphatic rings. The zero-order chi connectivity index (χ0) is 14.2. The molecule has 0 radical (unpaired) electrons. The summed E-state index contributed by atoms with van der Waals surface area (Å²) in [6.07, 6.45) is 4.55. The highest BCUT2D eigenvalue weighted by molar-refractivity contribution is 5.87. The average Bonchev–Trinajstić information content (AvgIpc) is 3.12. The van der Waals surface area contributed by atoms with Crippen LogP contribution < -0.4 is 5.32 Å². The van der Waals surface area contributed by atoms with E-state index in [4.69, 9.17) is 4.52 Å². The topological polar surface area (TPSA) is 91.5 Å². The molecule has 1 aliphatic carbocycles. The van der Waals surface area contributed by atoms with Crippen LogP contribution in [0.4, 0.5) is 10.8 Å². The number of carbonyl (C=O) groups excluding carboxylic acids is 1. The number of nitrogens with zero attached hydrogens (tertiary/aromatic N) is 3. The Kier molecular flexibility index (Phi) is 3.37. The van der Waals surface area contributed by atoms with E-state index in [0.717, 1.165) is 25.7 Å². The lowest BCUT2D eigenvalue weighted by Crippen LogP contribution is -2.43. The number of aliphatic hydroxyl groups excluding tert-OH is 1. The van der Waals surface area contributed by atoms with E-state index in [9.17, 15) is 9.90 Å². The summed E-state index contributed by atoms with van der Waals surface area (Å²) in [6, 6.07) is 0.0611. The SMILES string of the molecule is CCc1noc(NC(=O)N2CC[C@@]3(CO)CCC[C@@H]23)n1. The molecule has 0 aromatic carbocycles. The first kappa shape index (κ1) is 13.4. The Balaban J connectivity index is 1.69. The highest BCUT2D eigenvalue weighted by Crippen LogP contribution is 2.48. The van der Waals surface area contributed by atoms with Crippen molar-refractivity contribution in [1.29, 1.82) is 0 Å². The van der Waals surface area contributed by atoms with Gasteiger partial charge in [0.1, 0.15) is 0 Å². The Labute approximate surface area is 117 Å². The first-order chi connectivity index (χ1) is 9.68. The number of rotatable bonds is 3. The van der Waals surface area contributed by atoms with Crippen LogP contribution in [0.3, 0.4) is 0 Å². The van der Waals surface area contributed by atoms with Crippen LogP contribution in [0.2, 0.25) is 0 Å². The number of hydrogen-bond donors (Lipinski definition) is 2. The Hall–Kier alpha value is -1.63. The van der Waals surface area contributed by atoms with Crippen LogP contribution in [-0.4, -0.2) is 45.4 Å². The first-order valence-corrected chi connectivity index (χ1v) is 7.19. The van der Waals surface area contributed by atoms with E-state index in [0.29, 0.717) is 18.8 Å². The zero-order valence-corrected chi connectivity index (χ0v) is 11.6. The van der Waals surface area contributed by atoms with E-state index in [-0.39, 0.29) is 30.1 Å². The van der Waals surface area contributed by atoms with Crippen LogP contribution in [0.1, 0.15) is 38.4 Å². The van der Waals surface area contributed by atoms with Gasteiger partial charge < -0.3 is 14.5 Å². The maximum atomic E-state index is 12.3. The summed E-state index contributed by atoms with van der Waals surface area (Å²) in [6.45, 7) is 2.75. The fourth-order valence-corrected chi connectivity index (χ4v) is 3.52. The maximum Gasteiger partial charge on any atom is 0.329 e. The Bertz CT molecular complexity index is 504. The predicted molar refractivity (Wildman–Crippen MR) is 71.2 cm³/mol. The molecule has 7 nitrogen and oxygen atoms in total. The second-order valence-electron chi connectivity index (χ2n) is 5.67. The molecule has 0 unspecified atom stereocenters. The summed E-state index contributed by atoms with van der Waals surface area (Å²) >= 11 is 0. The van der Waals surface area contributed by atoms with E-state index >= 15 is 0 Å². The molecule has 2 N–H and O–H groups in total. The number of nitrogens with one attached hydrogen (secondary N) is 1. The van der Waals surface area contributed by atoms with E-state index in [1.165, 1.54) is 0 Å². The van der Waals surface area contributed by atoms with Crippen molar-refractivity contribution in [2.75, 3.05) is 18.5 Å². The van der Waals surface area contributed by atoms with Gasteiger partial charge >= 0.3 is 12.0 Å². The van der Waals surface area contributed by atoms with E-state index in [1.54, 1.807) is 4.90 Å². The number of likely N-dealkylation sites (tertiary alicyclic amines) is 1. The molecule has 7 heteroatoms. The van der Waals surface area contributed by atoms with Gasteiger partial charge in [0, 0.05) is 24.4 Å². The molecule has 110 valence electrons. The van der Waals surface area contributed by atoms with Gasteiger partial charge in [-0.05, 0) is 19.3 Å². The molecular formula is C13H20N4O3. The maximum absolute atomic E-state index is 12.3. The van der Waals surface area contributed by atoms with Crippen molar-refractivity contribution >= 4 is 12.0 Å². The van der Waals surface area contributed by atoms with Crippen molar-refractivity contribution in [3.63, 3.8) is 0 Å². The molecule has 1 aromatic heterocycles. The molecule has 1 saturated heterocycles. The molecule has 2 atom stereocenters. The molecule has 0 spiro atoms. The minimum Gasteiger partial charge on any atom is -0.396 e. The number of anilines is 1. The van der Waals surface area contributed by atoms with Gasteiger partial charge in [0.2, 0.25) is 0 Å². The van der Waals surface area contributed by atoms with Crippen LogP contribution in [0, 0.1) is 5.41 Å². The number of aryl methyl sites for hydroxylation is 1. The van der Waals surface area contributed by atoms with Crippen LogP contribution in [0.5, 0.6) is 0 Å². The van der Waals surface area contributed by atoms with Crippen molar-refractivity contribution in [2.24, 2.45) is 5.41 Å². The fourth-order valence-electron chi connectivity index (χ4n) is 3.52. The van der Waals surface area contributed by atoms with E-state index in [1.807, 2.05) is 6.92 Å². The summed E-state index contributed by atoms with van der Waals surface area (Å²) in [5.41, 5.74) is -0.0965. The second kappa shape index (κ2) is 5.05. The van der Waals surface area contributed by atoms with Gasteiger partial charge in [-0.3, -0.25) is 5.32 Å². The van der Waals surface area contributed by atoms with Crippen molar-refractivity contribution in [3.8, 4) is 0 Å². The van der Waals surface area contributed by atoms with Gasteiger partial charge in [0.25, 0.3) is 0 Å². The number of carbonyl (C=O) groups is 1. The molecule has 20 heavy (non-hydrogen) atoms. The molecular weight excluding hydrogens is 260 g/mol. The van der Waals surface area contributed by atoms with E-state index < -0.39 is 0 Å². The largest absolute Gasteiger partial charge is 0.396 e. The van der Waals surface area contributed by atoms with Gasteiger partial charge in [0.05, 0.1) is 6.61 Å². The summed E-state index contributed by atoms with van der Waals surface area (Å²) in [4.78, 5) is 18.2. The number of amides is 2. The minimum atomic E-state index is -0.210. The number of fused-ring (bicyclic) bond motifs is 1. The van der Waals surface area contributed by atoms with Gasteiger partial charge in [0.15, 0.2) is 5.82 Å². The quantitative estimate of drug-likeness (QED) is 0.873. The fraction of sp³-hybridized carbons (Fsp3) is 0.769. The van der Waals surface area contributed by atoms with Gasteiger partial charge in [-0.1, -0.05) is 18.5 Å². The lowest BCUT2D eigenvalue weighted by Gasteiger charge is -2.30. The van der Waals surface area contributed by atoms with Gasteiger partial charge in [-0.2, -0.15) is 4.98 Å². The van der Waals surface area contributed by atoms with Crippen LogP contribution in [0.15, 0.2) is 4.52 Å². The third-order valence-electron chi connectivity index (χ3n) is 4.66. The second-order valence-corrected chi connectivity index (χ2v) is 5.67. The summed E-state index contributed by atoms with van der Waals surface area (Å²) in [7, 11) is 0. The summed E-state index contributed by atoms with van der Waals surface area (Å²) in [5, 5.41) is 16.1. The van der Waals surface area contributed by atoms with Crippen LogP contribution in [0.25, 0.3) is 0 Å². The van der Waals surface area contributed by atoms with Crippen molar-refractivity contribution in [1.82, 2.24) is 15.0 Å². The van der Waals surface area contributed by atoms with Crippen LogP contribution >= 0.6 is 0 Å². The lowest BCUT2D eigenvalue weighted by molar-refractivity contribution is 0.108. The monoisotopic (exact) mass is 280 g/mol. The Morgan fingerprint density at radius 2 is 2.45 bits per heavy atom. The molecule has 1 saturated carbocycles. The molecule has 2 fully saturated rings. The molecule has 1 aliphatic heterocycles. The number of hydrogen-bond acceptors (Lipinski definition) is 5. The van der Waals surface area contributed by atoms with Gasteiger partial charge in [-0.25, -0.2) is 4.79 Å². The predicted octanol–water partition coefficient (Wildman–Crippen LogP) is 1.40. The third kappa shape index (κ3) is 2.06. The molecule has 2 amide bonds. The average molecular weight is 280 g/mol. The highest BCUT2D eigenvalue weighted by atomic mass is 16.5. The zero-order valence-electron chi connectivity index (χ0n) is 11.6. The van der Waals surface area contributed by atoms with Crippen LogP contribution in [-0.2, 0) is 6.42 Å². The summed E-state index contributed by atoms with van der Waals surface area (Å²) in [5.74, 6) is 0.576. The molecule has 1 aromatic rings. The smallest absolute Gasteiger partial charge is 0.329 e. The van der Waals surface area contributed by atoms with Gasteiger partial charge in [-0.15, -0.1) is 0 Å². The number of urea groups is 1. The first-order valence-electron chi connectivity index (χ1n) is 7.19. The highest BCUT2D eigenvalue weighted by Gasteiger charge is 2.51. The van der Waals surface area contributed by atoms with E-state index in [2.05, 4.69) is 15.5 Å². The molecule has 2 heterocycles. The lowest BCUT2D eigenvalue weighted by atomic mass is 9.83. The third-order valence-corrected chi connectivity index (χ3v) is 4.66. The number of aromatic nitrogens is 2. The van der Waals surface area contributed by atoms with Crippen molar-refractivity contribution < 1.29 is 14.4 Å². The minimum absolute atomic E-state index is 0.0965. The van der Waals surface area contributed by atoms with Crippen molar-refractivity contribution in [3.05, 3.63) is 5.82 Å². The normalized spacial score (nSPS) is 28.7. The number of aliphatic hydroxyl groups is 1. The molecule has 3 rings (SSSR count). The van der Waals surface area contributed by atoms with Crippen molar-refractivity contribution in [2.45, 2.75) is 45.1 Å². The Morgan fingerprint density at radius 3 is 3.15 bits per heavy atom. The summed E-state index contributed by atoms with van der Waals surface area (Å²) < 4.78 is 4.98. The molecule has 0 bridgehead atoms.